The van der Waals surface area contributed by atoms with E-state index in [0.717, 1.165) is 17.6 Å². The zero-order valence-corrected chi connectivity index (χ0v) is 12.2. The first kappa shape index (κ1) is 13.1. The summed E-state index contributed by atoms with van der Waals surface area (Å²) in [5.41, 5.74) is 1.39. The molecule has 1 aromatic rings. The molecule has 1 aliphatic heterocycles. The Hall–Kier alpha value is -0.380. The first-order chi connectivity index (χ1) is 8.08. The van der Waals surface area contributed by atoms with Gasteiger partial charge in [-0.1, -0.05) is 28.1 Å². The van der Waals surface area contributed by atoms with E-state index < -0.39 is 0 Å². The predicted molar refractivity (Wildman–Crippen MR) is 76.2 cm³/mol. The summed E-state index contributed by atoms with van der Waals surface area (Å²) in [5, 5.41) is 7.18. The second-order valence-electron chi connectivity index (χ2n) is 5.30. The van der Waals surface area contributed by atoms with Gasteiger partial charge in [0.05, 0.1) is 0 Å². The Morgan fingerprint density at radius 3 is 2.35 bits per heavy atom. The Balaban J connectivity index is 2.04. The van der Waals surface area contributed by atoms with Crippen LogP contribution in [0, 0.1) is 0 Å². The summed E-state index contributed by atoms with van der Waals surface area (Å²) in [7, 11) is 0. The van der Waals surface area contributed by atoms with Crippen molar-refractivity contribution in [3.05, 3.63) is 34.3 Å². The van der Waals surface area contributed by atoms with E-state index in [-0.39, 0.29) is 5.54 Å². The van der Waals surface area contributed by atoms with E-state index in [0.29, 0.717) is 6.04 Å². The molecule has 0 bridgehead atoms. The highest BCUT2D eigenvalue weighted by Gasteiger charge is 2.24. The van der Waals surface area contributed by atoms with Gasteiger partial charge in [-0.15, -0.1) is 0 Å². The number of benzene rings is 1. The summed E-state index contributed by atoms with van der Waals surface area (Å²) < 4.78 is 1.14. The molecule has 1 heterocycles. The van der Waals surface area contributed by atoms with Crippen LogP contribution in [0.4, 0.5) is 0 Å². The third kappa shape index (κ3) is 3.54. The number of hydrogen-bond acceptors (Lipinski definition) is 2. The monoisotopic (exact) mass is 296 g/mol. The van der Waals surface area contributed by atoms with Crippen molar-refractivity contribution in [3.63, 3.8) is 0 Å². The molecule has 1 saturated heterocycles. The quantitative estimate of drug-likeness (QED) is 0.896. The average molecular weight is 297 g/mol. The van der Waals surface area contributed by atoms with Crippen LogP contribution in [0.15, 0.2) is 28.7 Å². The first-order valence-corrected chi connectivity index (χ1v) is 7.12. The lowest BCUT2D eigenvalue weighted by atomic mass is 9.92. The maximum absolute atomic E-state index is 3.78. The van der Waals surface area contributed by atoms with Gasteiger partial charge in [-0.3, -0.25) is 0 Å². The molecule has 1 aliphatic rings. The van der Waals surface area contributed by atoms with E-state index in [1.807, 2.05) is 0 Å². The summed E-state index contributed by atoms with van der Waals surface area (Å²) in [6.07, 6.45) is 2.44. The molecule has 0 radical (unpaired) electrons. The molecule has 17 heavy (non-hydrogen) atoms. The molecule has 2 N–H and O–H groups in total. The number of halogens is 1. The van der Waals surface area contributed by atoms with Crippen molar-refractivity contribution >= 4 is 15.9 Å². The molecule has 94 valence electrons. The third-order valence-electron chi connectivity index (χ3n) is 3.47. The largest absolute Gasteiger partial charge is 0.317 e. The second kappa shape index (κ2) is 5.51. The van der Waals surface area contributed by atoms with Crippen molar-refractivity contribution in [1.29, 1.82) is 0 Å². The molecule has 1 fully saturated rings. The molecule has 0 saturated carbocycles. The number of piperidine rings is 1. The van der Waals surface area contributed by atoms with E-state index in [1.165, 1.54) is 18.4 Å². The lowest BCUT2D eigenvalue weighted by molar-refractivity contribution is 0.291. The van der Waals surface area contributed by atoms with Crippen LogP contribution in [0.25, 0.3) is 0 Å². The van der Waals surface area contributed by atoms with Gasteiger partial charge in [0.15, 0.2) is 0 Å². The number of hydrogen-bond donors (Lipinski definition) is 2. The van der Waals surface area contributed by atoms with Gasteiger partial charge in [0.1, 0.15) is 0 Å². The summed E-state index contributed by atoms with van der Waals surface area (Å²) in [5.74, 6) is 0. The minimum atomic E-state index is 0.0444. The van der Waals surface area contributed by atoms with Crippen molar-refractivity contribution < 1.29 is 0 Å². The molecule has 0 atom stereocenters. The maximum Gasteiger partial charge on any atom is 0.0379 e. The summed E-state index contributed by atoms with van der Waals surface area (Å²) in [6, 6.07) is 9.24. The zero-order chi connectivity index (χ0) is 12.3. The Morgan fingerprint density at radius 2 is 1.76 bits per heavy atom. The molecule has 1 aromatic carbocycles. The summed E-state index contributed by atoms with van der Waals surface area (Å²) in [4.78, 5) is 0. The molecule has 0 aliphatic carbocycles. The first-order valence-electron chi connectivity index (χ1n) is 6.32. The fraction of sp³-hybridized carbons (Fsp3) is 0.571. The van der Waals surface area contributed by atoms with Crippen LogP contribution < -0.4 is 10.6 Å². The molecular weight excluding hydrogens is 276 g/mol. The molecule has 2 nitrogen and oxygen atoms in total. The van der Waals surface area contributed by atoms with Gasteiger partial charge >= 0.3 is 0 Å². The Bertz CT molecular complexity index is 353. The standard InChI is InChI=1S/C14H21BrN2/c1-14(2,11-3-5-12(15)6-4-11)17-13-7-9-16-10-8-13/h3-6,13,16-17H,7-10H2,1-2H3. The van der Waals surface area contributed by atoms with Gasteiger partial charge in [0.2, 0.25) is 0 Å². The molecular formula is C14H21BrN2. The SMILES string of the molecule is CC(C)(NC1CCNCC1)c1ccc(Br)cc1. The Labute approximate surface area is 112 Å². The second-order valence-corrected chi connectivity index (χ2v) is 6.22. The van der Waals surface area contributed by atoms with E-state index in [1.54, 1.807) is 0 Å². The minimum Gasteiger partial charge on any atom is -0.317 e. The van der Waals surface area contributed by atoms with Crippen LogP contribution in [0.1, 0.15) is 32.3 Å². The highest BCUT2D eigenvalue weighted by atomic mass is 79.9. The molecule has 0 aromatic heterocycles. The minimum absolute atomic E-state index is 0.0444. The Morgan fingerprint density at radius 1 is 1.18 bits per heavy atom. The topological polar surface area (TPSA) is 24.1 Å². The highest BCUT2D eigenvalue weighted by Crippen LogP contribution is 2.23. The van der Waals surface area contributed by atoms with E-state index in [9.17, 15) is 0 Å². The van der Waals surface area contributed by atoms with Crippen molar-refractivity contribution in [3.8, 4) is 0 Å². The van der Waals surface area contributed by atoms with Crippen LogP contribution in [0.3, 0.4) is 0 Å². The van der Waals surface area contributed by atoms with Gasteiger partial charge in [-0.05, 0) is 57.5 Å². The molecule has 0 amide bonds. The van der Waals surface area contributed by atoms with Gasteiger partial charge in [0, 0.05) is 16.1 Å². The van der Waals surface area contributed by atoms with Crippen LogP contribution >= 0.6 is 15.9 Å². The summed E-state index contributed by atoms with van der Waals surface area (Å²) >= 11 is 3.48. The van der Waals surface area contributed by atoms with E-state index >= 15 is 0 Å². The normalized spacial score (nSPS) is 18.3. The van der Waals surface area contributed by atoms with Crippen LogP contribution in [-0.4, -0.2) is 19.1 Å². The van der Waals surface area contributed by atoms with E-state index in [4.69, 9.17) is 0 Å². The lowest BCUT2D eigenvalue weighted by Gasteiger charge is -2.34. The number of nitrogens with one attached hydrogen (secondary N) is 2. The van der Waals surface area contributed by atoms with Crippen molar-refractivity contribution in [1.82, 2.24) is 10.6 Å². The fourth-order valence-corrected chi connectivity index (χ4v) is 2.69. The fourth-order valence-electron chi connectivity index (χ4n) is 2.43. The zero-order valence-electron chi connectivity index (χ0n) is 10.6. The average Bonchev–Trinajstić information content (AvgIpc) is 2.30. The Kier molecular flexibility index (Phi) is 4.23. The number of rotatable bonds is 3. The van der Waals surface area contributed by atoms with Crippen LogP contribution in [0.5, 0.6) is 0 Å². The third-order valence-corrected chi connectivity index (χ3v) is 4.00. The molecule has 0 spiro atoms. The lowest BCUT2D eigenvalue weighted by Crippen LogP contribution is -2.48. The predicted octanol–water partition coefficient (Wildman–Crippen LogP) is 3.03. The van der Waals surface area contributed by atoms with Crippen LogP contribution in [0.2, 0.25) is 0 Å². The van der Waals surface area contributed by atoms with Crippen molar-refractivity contribution in [2.24, 2.45) is 0 Å². The van der Waals surface area contributed by atoms with Gasteiger partial charge in [-0.2, -0.15) is 0 Å². The smallest absolute Gasteiger partial charge is 0.0379 e. The van der Waals surface area contributed by atoms with Gasteiger partial charge < -0.3 is 10.6 Å². The van der Waals surface area contributed by atoms with Crippen LogP contribution in [-0.2, 0) is 5.54 Å². The van der Waals surface area contributed by atoms with Crippen molar-refractivity contribution in [2.75, 3.05) is 13.1 Å². The molecule has 2 rings (SSSR count). The van der Waals surface area contributed by atoms with Gasteiger partial charge in [-0.25, -0.2) is 0 Å². The molecule has 0 unspecified atom stereocenters. The molecule has 3 heteroatoms. The highest BCUT2D eigenvalue weighted by molar-refractivity contribution is 9.10. The van der Waals surface area contributed by atoms with E-state index in [2.05, 4.69) is 64.7 Å². The van der Waals surface area contributed by atoms with Gasteiger partial charge in [0.25, 0.3) is 0 Å². The summed E-state index contributed by atoms with van der Waals surface area (Å²) in [6.45, 7) is 6.79. The van der Waals surface area contributed by atoms with Crippen molar-refractivity contribution in [2.45, 2.75) is 38.3 Å². The maximum atomic E-state index is 3.78.